The molecule has 0 saturated carbocycles. The van der Waals surface area contributed by atoms with E-state index in [2.05, 4.69) is 10.6 Å². The predicted molar refractivity (Wildman–Crippen MR) is 81.6 cm³/mol. The Bertz CT molecular complexity index is 509. The van der Waals surface area contributed by atoms with Crippen molar-refractivity contribution in [3.8, 4) is 0 Å². The highest BCUT2D eigenvalue weighted by Gasteiger charge is 2.36. The van der Waals surface area contributed by atoms with Crippen molar-refractivity contribution in [3.63, 3.8) is 0 Å². The van der Waals surface area contributed by atoms with Gasteiger partial charge in [-0.05, 0) is 43.5 Å². The van der Waals surface area contributed by atoms with Crippen molar-refractivity contribution < 1.29 is 4.79 Å². The summed E-state index contributed by atoms with van der Waals surface area (Å²) in [4.78, 5) is 14.1. The molecule has 0 bridgehead atoms. The zero-order valence-corrected chi connectivity index (χ0v) is 12.5. The van der Waals surface area contributed by atoms with Gasteiger partial charge in [0.15, 0.2) is 0 Å². The van der Waals surface area contributed by atoms with Crippen LogP contribution >= 0.6 is 23.2 Å². The van der Waals surface area contributed by atoms with E-state index in [0.717, 1.165) is 19.6 Å². The lowest BCUT2D eigenvalue weighted by atomic mass is 9.94. The number of hydrogen-bond acceptors (Lipinski definition) is 2. The van der Waals surface area contributed by atoms with Gasteiger partial charge >= 0.3 is 6.03 Å². The lowest BCUT2D eigenvalue weighted by Gasteiger charge is -2.24. The van der Waals surface area contributed by atoms with Gasteiger partial charge in [0.1, 0.15) is 0 Å². The van der Waals surface area contributed by atoms with Crippen molar-refractivity contribution >= 4 is 34.9 Å². The third kappa shape index (κ3) is 2.87. The number of benzene rings is 1. The van der Waals surface area contributed by atoms with Crippen LogP contribution in [0.2, 0.25) is 10.0 Å². The molecule has 1 aromatic rings. The van der Waals surface area contributed by atoms with E-state index >= 15 is 0 Å². The quantitative estimate of drug-likeness (QED) is 0.836. The number of nitrogens with one attached hydrogen (secondary N) is 2. The SMILES string of the molecule is O=C(Nc1ccc(Cl)c(Cl)c1)N1CC2CCCNC2C1. The summed E-state index contributed by atoms with van der Waals surface area (Å²) < 4.78 is 0. The van der Waals surface area contributed by atoms with Gasteiger partial charge in [0.25, 0.3) is 0 Å². The van der Waals surface area contributed by atoms with Crippen LogP contribution in [0.1, 0.15) is 12.8 Å². The Morgan fingerprint density at radius 2 is 2.15 bits per heavy atom. The van der Waals surface area contributed by atoms with Crippen LogP contribution in [0.25, 0.3) is 0 Å². The molecule has 2 amide bonds. The highest BCUT2D eigenvalue weighted by Crippen LogP contribution is 2.27. The largest absolute Gasteiger partial charge is 0.323 e. The molecule has 2 atom stereocenters. The number of amides is 2. The van der Waals surface area contributed by atoms with Crippen LogP contribution in [0, 0.1) is 5.92 Å². The number of rotatable bonds is 1. The summed E-state index contributed by atoms with van der Waals surface area (Å²) in [7, 11) is 0. The monoisotopic (exact) mass is 313 g/mol. The standard InChI is InChI=1S/C14H17Cl2N3O/c15-11-4-3-10(6-12(11)16)18-14(20)19-7-9-2-1-5-17-13(9)8-19/h3-4,6,9,13,17H,1-2,5,7-8H2,(H,18,20). The third-order valence-corrected chi connectivity index (χ3v) is 4.80. The van der Waals surface area contributed by atoms with E-state index in [0.29, 0.717) is 27.7 Å². The minimum Gasteiger partial charge on any atom is -0.323 e. The van der Waals surface area contributed by atoms with Crippen LogP contribution in [0.15, 0.2) is 18.2 Å². The van der Waals surface area contributed by atoms with Crippen LogP contribution in [0.3, 0.4) is 0 Å². The van der Waals surface area contributed by atoms with Crippen LogP contribution in [-0.4, -0.2) is 36.6 Å². The fourth-order valence-corrected chi connectivity index (χ4v) is 3.29. The number of fused-ring (bicyclic) bond motifs is 1. The lowest BCUT2D eigenvalue weighted by Crippen LogP contribution is -2.41. The molecule has 2 N–H and O–H groups in total. The topological polar surface area (TPSA) is 44.4 Å². The Kier molecular flexibility index (Phi) is 4.06. The molecule has 0 aromatic heterocycles. The Balaban J connectivity index is 1.63. The highest BCUT2D eigenvalue weighted by molar-refractivity contribution is 6.42. The molecule has 2 saturated heterocycles. The van der Waals surface area contributed by atoms with E-state index < -0.39 is 0 Å². The zero-order chi connectivity index (χ0) is 14.1. The van der Waals surface area contributed by atoms with Gasteiger partial charge in [-0.15, -0.1) is 0 Å². The van der Waals surface area contributed by atoms with Crippen molar-refractivity contribution in [3.05, 3.63) is 28.2 Å². The minimum absolute atomic E-state index is 0.0698. The first-order chi connectivity index (χ1) is 9.63. The number of carbonyl (C=O) groups is 1. The minimum atomic E-state index is -0.0698. The van der Waals surface area contributed by atoms with E-state index in [4.69, 9.17) is 23.2 Å². The van der Waals surface area contributed by atoms with Crippen molar-refractivity contribution in [1.82, 2.24) is 10.2 Å². The molecule has 2 heterocycles. The first-order valence-electron chi connectivity index (χ1n) is 6.88. The molecule has 0 radical (unpaired) electrons. The van der Waals surface area contributed by atoms with E-state index in [1.165, 1.54) is 12.8 Å². The maximum Gasteiger partial charge on any atom is 0.321 e. The summed E-state index contributed by atoms with van der Waals surface area (Å²) in [6.45, 7) is 2.66. The molecule has 3 rings (SSSR count). The van der Waals surface area contributed by atoms with Gasteiger partial charge in [0.05, 0.1) is 10.0 Å². The second kappa shape index (κ2) is 5.80. The molecule has 0 aliphatic carbocycles. The van der Waals surface area contributed by atoms with Gasteiger partial charge in [-0.1, -0.05) is 23.2 Å². The Morgan fingerprint density at radius 3 is 2.90 bits per heavy atom. The van der Waals surface area contributed by atoms with E-state index in [1.54, 1.807) is 18.2 Å². The van der Waals surface area contributed by atoms with Gasteiger partial charge in [0, 0.05) is 24.8 Å². The second-order valence-corrected chi connectivity index (χ2v) is 6.24. The average molecular weight is 314 g/mol. The van der Waals surface area contributed by atoms with Crippen LogP contribution < -0.4 is 10.6 Å². The molecule has 6 heteroatoms. The first-order valence-corrected chi connectivity index (χ1v) is 7.63. The summed E-state index contributed by atoms with van der Waals surface area (Å²) in [5, 5.41) is 7.30. The molecule has 2 unspecified atom stereocenters. The molecule has 20 heavy (non-hydrogen) atoms. The normalized spacial score (nSPS) is 25.4. The summed E-state index contributed by atoms with van der Waals surface area (Å²) in [6.07, 6.45) is 2.40. The Labute approximate surface area is 128 Å². The number of hydrogen-bond donors (Lipinski definition) is 2. The number of nitrogens with zero attached hydrogens (tertiary/aromatic N) is 1. The molecular formula is C14H17Cl2N3O. The summed E-state index contributed by atoms with van der Waals surface area (Å²) in [6, 6.07) is 5.49. The number of anilines is 1. The highest BCUT2D eigenvalue weighted by atomic mass is 35.5. The number of urea groups is 1. The Morgan fingerprint density at radius 1 is 1.30 bits per heavy atom. The van der Waals surface area contributed by atoms with Gasteiger partial charge in [-0.25, -0.2) is 4.79 Å². The van der Waals surface area contributed by atoms with Crippen molar-refractivity contribution in [2.75, 3.05) is 25.0 Å². The molecule has 0 spiro atoms. The number of piperidine rings is 1. The maximum atomic E-state index is 12.3. The lowest BCUT2D eigenvalue weighted by molar-refractivity contribution is 0.220. The van der Waals surface area contributed by atoms with Crippen LogP contribution in [-0.2, 0) is 0 Å². The Hall–Kier alpha value is -0.970. The van der Waals surface area contributed by atoms with Crippen LogP contribution in [0.5, 0.6) is 0 Å². The average Bonchev–Trinajstić information content (AvgIpc) is 2.87. The fourth-order valence-electron chi connectivity index (χ4n) is 2.99. The molecule has 2 aliphatic rings. The van der Waals surface area contributed by atoms with E-state index in [9.17, 15) is 4.79 Å². The number of halogens is 2. The smallest absolute Gasteiger partial charge is 0.321 e. The molecular weight excluding hydrogens is 297 g/mol. The van der Waals surface area contributed by atoms with Gasteiger partial charge < -0.3 is 15.5 Å². The summed E-state index contributed by atoms with van der Waals surface area (Å²) >= 11 is 11.8. The molecule has 2 aliphatic heterocycles. The van der Waals surface area contributed by atoms with Crippen molar-refractivity contribution in [2.24, 2.45) is 5.92 Å². The van der Waals surface area contributed by atoms with E-state index in [1.807, 2.05) is 4.90 Å². The maximum absolute atomic E-state index is 12.3. The van der Waals surface area contributed by atoms with Gasteiger partial charge in [-0.2, -0.15) is 0 Å². The molecule has 2 fully saturated rings. The zero-order valence-electron chi connectivity index (χ0n) is 11.0. The summed E-state index contributed by atoms with van der Waals surface area (Å²) in [5.74, 6) is 0.586. The van der Waals surface area contributed by atoms with Crippen LogP contribution in [0.4, 0.5) is 10.5 Å². The molecule has 1 aromatic carbocycles. The second-order valence-electron chi connectivity index (χ2n) is 5.43. The molecule has 108 valence electrons. The predicted octanol–water partition coefficient (Wildman–Crippen LogP) is 3.21. The summed E-state index contributed by atoms with van der Waals surface area (Å²) in [5.41, 5.74) is 0.673. The number of likely N-dealkylation sites (tertiary alicyclic amines) is 1. The first kappa shape index (κ1) is 14.0. The fraction of sp³-hybridized carbons (Fsp3) is 0.500. The third-order valence-electron chi connectivity index (χ3n) is 4.06. The van der Waals surface area contributed by atoms with Gasteiger partial charge in [0.2, 0.25) is 0 Å². The van der Waals surface area contributed by atoms with Crippen molar-refractivity contribution in [1.29, 1.82) is 0 Å². The number of carbonyl (C=O) groups excluding carboxylic acids is 1. The van der Waals surface area contributed by atoms with Gasteiger partial charge in [-0.3, -0.25) is 0 Å². The molecule has 4 nitrogen and oxygen atoms in total. The van der Waals surface area contributed by atoms with Crippen molar-refractivity contribution in [2.45, 2.75) is 18.9 Å². The van der Waals surface area contributed by atoms with E-state index in [-0.39, 0.29) is 6.03 Å².